The summed E-state index contributed by atoms with van der Waals surface area (Å²) in [6.45, 7) is 3.75. The molecule has 0 amide bonds. The molecule has 1 aliphatic rings. The van der Waals surface area contributed by atoms with Gasteiger partial charge in [0, 0.05) is 5.92 Å². The largest absolute Gasteiger partial charge is 0.479 e. The molecule has 0 radical (unpaired) electrons. The number of benzene rings is 2. The molecule has 0 N–H and O–H groups in total. The minimum Gasteiger partial charge on any atom is -0.479 e. The van der Waals surface area contributed by atoms with Crippen molar-refractivity contribution in [3.05, 3.63) is 48.0 Å². The molecule has 18 heavy (non-hydrogen) atoms. The Morgan fingerprint density at radius 3 is 2.83 bits per heavy atom. The Balaban J connectivity index is 1.90. The number of nitrogens with zero attached hydrogens (tertiary/aromatic N) is 1. The van der Waals surface area contributed by atoms with Crippen LogP contribution in [0.4, 0.5) is 0 Å². The molecule has 3 rings (SSSR count). The highest BCUT2D eigenvalue weighted by Crippen LogP contribution is 2.22. The van der Waals surface area contributed by atoms with Gasteiger partial charge in [0.15, 0.2) is 5.90 Å². The lowest BCUT2D eigenvalue weighted by Gasteiger charge is -2.13. The maximum Gasteiger partial charge on any atom is 0.186 e. The number of fused-ring (bicyclic) bond motifs is 1. The first-order valence-corrected chi connectivity index (χ1v) is 6.48. The van der Waals surface area contributed by atoms with Crippen molar-refractivity contribution in [2.24, 2.45) is 10.9 Å². The van der Waals surface area contributed by atoms with Crippen molar-refractivity contribution >= 4 is 16.7 Å². The van der Waals surface area contributed by atoms with Crippen LogP contribution in [0.1, 0.15) is 12.5 Å². The van der Waals surface area contributed by atoms with E-state index in [0.29, 0.717) is 5.92 Å². The average molecular weight is 239 g/mol. The molecule has 1 aliphatic heterocycles. The normalized spacial score (nSPS) is 16.4. The van der Waals surface area contributed by atoms with Crippen molar-refractivity contribution < 1.29 is 4.74 Å². The molecule has 0 fully saturated rings. The first-order valence-electron chi connectivity index (χ1n) is 6.48. The molecule has 0 bridgehead atoms. The van der Waals surface area contributed by atoms with Crippen LogP contribution in [0.15, 0.2) is 47.5 Å². The van der Waals surface area contributed by atoms with Crippen LogP contribution >= 0.6 is 0 Å². The average Bonchev–Trinajstić information content (AvgIpc) is 2.93. The minimum atomic E-state index is 0.360. The topological polar surface area (TPSA) is 21.6 Å². The number of ether oxygens (including phenoxy) is 1. The molecule has 1 atom stereocenters. The summed E-state index contributed by atoms with van der Waals surface area (Å²) >= 11 is 0. The second kappa shape index (κ2) is 4.81. The van der Waals surface area contributed by atoms with Gasteiger partial charge in [-0.2, -0.15) is 0 Å². The van der Waals surface area contributed by atoms with E-state index in [1.807, 2.05) is 0 Å². The predicted octanol–water partition coefficient (Wildman–Crippen LogP) is 3.45. The molecule has 0 aromatic heterocycles. The van der Waals surface area contributed by atoms with Crippen molar-refractivity contribution in [1.82, 2.24) is 0 Å². The predicted molar refractivity (Wildman–Crippen MR) is 75.1 cm³/mol. The molecule has 1 heterocycles. The van der Waals surface area contributed by atoms with E-state index in [1.165, 1.54) is 16.3 Å². The van der Waals surface area contributed by atoms with Crippen molar-refractivity contribution in [1.29, 1.82) is 0 Å². The van der Waals surface area contributed by atoms with Gasteiger partial charge in [-0.3, -0.25) is 4.99 Å². The molecular weight excluding hydrogens is 222 g/mol. The highest BCUT2D eigenvalue weighted by Gasteiger charge is 2.17. The third kappa shape index (κ3) is 2.10. The van der Waals surface area contributed by atoms with Gasteiger partial charge in [-0.25, -0.2) is 0 Å². The fourth-order valence-corrected chi connectivity index (χ4v) is 2.54. The van der Waals surface area contributed by atoms with E-state index in [-0.39, 0.29) is 0 Å². The minimum absolute atomic E-state index is 0.360. The summed E-state index contributed by atoms with van der Waals surface area (Å²) in [5, 5.41) is 2.64. The Kier molecular flexibility index (Phi) is 3.01. The van der Waals surface area contributed by atoms with E-state index in [1.54, 1.807) is 0 Å². The van der Waals surface area contributed by atoms with Gasteiger partial charge in [-0.15, -0.1) is 0 Å². The van der Waals surface area contributed by atoms with Gasteiger partial charge in [0.05, 0.1) is 6.54 Å². The van der Waals surface area contributed by atoms with E-state index in [9.17, 15) is 0 Å². The number of aliphatic imine (C=N–C) groups is 1. The van der Waals surface area contributed by atoms with E-state index < -0.39 is 0 Å². The van der Waals surface area contributed by atoms with Gasteiger partial charge >= 0.3 is 0 Å². The molecule has 92 valence electrons. The molecule has 0 saturated carbocycles. The third-order valence-corrected chi connectivity index (χ3v) is 3.44. The van der Waals surface area contributed by atoms with Crippen LogP contribution in [-0.2, 0) is 11.2 Å². The zero-order valence-electron chi connectivity index (χ0n) is 10.6. The first-order chi connectivity index (χ1) is 8.84. The Bertz CT molecular complexity index is 583. The summed E-state index contributed by atoms with van der Waals surface area (Å²) in [5.74, 6) is 1.28. The summed E-state index contributed by atoms with van der Waals surface area (Å²) in [4.78, 5) is 4.41. The molecule has 2 aromatic rings. The first kappa shape index (κ1) is 11.3. The van der Waals surface area contributed by atoms with Crippen LogP contribution in [0.5, 0.6) is 0 Å². The fourth-order valence-electron chi connectivity index (χ4n) is 2.54. The molecule has 0 saturated heterocycles. The Hall–Kier alpha value is -1.83. The number of hydrogen-bond acceptors (Lipinski definition) is 2. The quantitative estimate of drug-likeness (QED) is 0.804. The number of rotatable bonds is 3. The summed E-state index contributed by atoms with van der Waals surface area (Å²) in [6, 6.07) is 15.0. The maximum absolute atomic E-state index is 5.55. The Labute approximate surface area is 107 Å². The van der Waals surface area contributed by atoms with Crippen molar-refractivity contribution in [3.8, 4) is 0 Å². The lowest BCUT2D eigenvalue weighted by atomic mass is 9.96. The van der Waals surface area contributed by atoms with Gasteiger partial charge in [-0.05, 0) is 22.8 Å². The van der Waals surface area contributed by atoms with E-state index in [2.05, 4.69) is 54.4 Å². The molecule has 0 aliphatic carbocycles. The molecule has 0 spiro atoms. The standard InChI is InChI=1S/C16H17NO/c1-12(16-17-9-10-18-16)11-14-7-4-6-13-5-2-3-8-15(13)14/h2-8,12H,9-11H2,1H3. The number of hydrogen-bond donors (Lipinski definition) is 0. The van der Waals surface area contributed by atoms with Crippen LogP contribution in [0.2, 0.25) is 0 Å². The van der Waals surface area contributed by atoms with E-state index in [4.69, 9.17) is 4.74 Å². The zero-order valence-corrected chi connectivity index (χ0v) is 10.6. The monoisotopic (exact) mass is 239 g/mol. The van der Waals surface area contributed by atoms with Gasteiger partial charge in [-0.1, -0.05) is 49.4 Å². The highest BCUT2D eigenvalue weighted by molar-refractivity contribution is 5.87. The summed E-state index contributed by atoms with van der Waals surface area (Å²) < 4.78 is 5.55. The summed E-state index contributed by atoms with van der Waals surface area (Å²) in [7, 11) is 0. The smallest absolute Gasteiger partial charge is 0.186 e. The van der Waals surface area contributed by atoms with Crippen molar-refractivity contribution in [3.63, 3.8) is 0 Å². The van der Waals surface area contributed by atoms with Crippen molar-refractivity contribution in [2.75, 3.05) is 13.2 Å². The zero-order chi connectivity index (χ0) is 12.4. The van der Waals surface area contributed by atoms with E-state index >= 15 is 0 Å². The Morgan fingerprint density at radius 1 is 1.17 bits per heavy atom. The van der Waals surface area contributed by atoms with Gasteiger partial charge in [0.1, 0.15) is 6.61 Å². The molecule has 2 nitrogen and oxygen atoms in total. The molecular formula is C16H17NO. The fraction of sp³-hybridized carbons (Fsp3) is 0.312. The molecule has 2 heteroatoms. The van der Waals surface area contributed by atoms with E-state index in [0.717, 1.165) is 25.5 Å². The van der Waals surface area contributed by atoms with Crippen LogP contribution in [-0.4, -0.2) is 19.0 Å². The lowest BCUT2D eigenvalue weighted by Crippen LogP contribution is -2.14. The van der Waals surface area contributed by atoms with Crippen LogP contribution < -0.4 is 0 Å². The Morgan fingerprint density at radius 2 is 2.00 bits per heavy atom. The van der Waals surface area contributed by atoms with Gasteiger partial charge < -0.3 is 4.74 Å². The maximum atomic E-state index is 5.55. The van der Waals surface area contributed by atoms with Gasteiger partial charge in [0.2, 0.25) is 0 Å². The second-order valence-electron chi connectivity index (χ2n) is 4.81. The van der Waals surface area contributed by atoms with Crippen LogP contribution in [0.3, 0.4) is 0 Å². The van der Waals surface area contributed by atoms with Crippen molar-refractivity contribution in [2.45, 2.75) is 13.3 Å². The molecule has 2 aromatic carbocycles. The van der Waals surface area contributed by atoms with Gasteiger partial charge in [0.25, 0.3) is 0 Å². The lowest BCUT2D eigenvalue weighted by molar-refractivity contribution is 0.324. The highest BCUT2D eigenvalue weighted by atomic mass is 16.5. The second-order valence-corrected chi connectivity index (χ2v) is 4.81. The van der Waals surface area contributed by atoms with Crippen LogP contribution in [0.25, 0.3) is 10.8 Å². The third-order valence-electron chi connectivity index (χ3n) is 3.44. The molecule has 1 unspecified atom stereocenters. The van der Waals surface area contributed by atoms with Crippen LogP contribution in [0, 0.1) is 5.92 Å². The summed E-state index contributed by atoms with van der Waals surface area (Å²) in [5.41, 5.74) is 1.37. The SMILES string of the molecule is CC(Cc1cccc2ccccc12)C1=NCCO1. The summed E-state index contributed by atoms with van der Waals surface area (Å²) in [6.07, 6.45) is 0.986.